The zero-order valence-corrected chi connectivity index (χ0v) is 28.3. The van der Waals surface area contributed by atoms with Crippen LogP contribution in [0.2, 0.25) is 0 Å². The van der Waals surface area contributed by atoms with Crippen molar-refractivity contribution in [3.63, 3.8) is 0 Å². The molecule has 0 aliphatic carbocycles. The van der Waals surface area contributed by atoms with Crippen molar-refractivity contribution in [2.24, 2.45) is 17.2 Å². The van der Waals surface area contributed by atoms with E-state index >= 15 is 0 Å². The van der Waals surface area contributed by atoms with E-state index in [4.69, 9.17) is 17.2 Å². The van der Waals surface area contributed by atoms with E-state index in [2.05, 4.69) is 10.6 Å². The van der Waals surface area contributed by atoms with Gasteiger partial charge in [0.2, 0.25) is 23.6 Å². The van der Waals surface area contributed by atoms with Crippen molar-refractivity contribution >= 4 is 35.0 Å². The first-order valence-corrected chi connectivity index (χ1v) is 16.7. The molecule has 0 bridgehead atoms. The monoisotopic (exact) mass is 660 g/mol. The molecule has 2 aromatic carbocycles. The fourth-order valence-electron chi connectivity index (χ4n) is 5.06. The molecule has 3 aromatic rings. The molecule has 1 heterocycles. The second kappa shape index (κ2) is 18.1. The fraction of sp³-hybridized carbons (Fsp3) is 0.389. The highest BCUT2D eigenvalue weighted by atomic mass is 32.1. The van der Waals surface area contributed by atoms with Crippen LogP contribution in [-0.2, 0) is 32.0 Å². The predicted molar refractivity (Wildman–Crippen MR) is 188 cm³/mol. The Morgan fingerprint density at radius 2 is 1.57 bits per heavy atom. The predicted octanol–water partition coefficient (Wildman–Crippen LogP) is 3.29. The van der Waals surface area contributed by atoms with Gasteiger partial charge in [0, 0.05) is 30.3 Å². The highest BCUT2D eigenvalue weighted by molar-refractivity contribution is 7.09. The molecule has 0 unspecified atom stereocenters. The van der Waals surface area contributed by atoms with Crippen molar-refractivity contribution in [3.8, 4) is 11.1 Å². The summed E-state index contributed by atoms with van der Waals surface area (Å²) < 4.78 is 0. The van der Waals surface area contributed by atoms with E-state index in [-0.39, 0.29) is 12.8 Å². The first-order chi connectivity index (χ1) is 22.4. The number of unbranched alkanes of at least 4 members (excludes halogenated alkanes) is 1. The largest absolute Gasteiger partial charge is 0.368 e. The van der Waals surface area contributed by atoms with E-state index in [0.717, 1.165) is 21.6 Å². The first kappa shape index (κ1) is 37.1. The Labute approximate surface area is 281 Å². The Balaban J connectivity index is 1.88. The van der Waals surface area contributed by atoms with Gasteiger partial charge in [0.05, 0.1) is 0 Å². The Hall–Kier alpha value is -4.32. The summed E-state index contributed by atoms with van der Waals surface area (Å²) in [5.74, 6) is -2.06. The summed E-state index contributed by atoms with van der Waals surface area (Å²) in [7, 11) is 1.54. The van der Waals surface area contributed by atoms with Gasteiger partial charge in [-0.1, -0.05) is 66.7 Å². The molecule has 0 saturated carbocycles. The number of hydrogen-bond acceptors (Lipinski definition) is 7. The maximum Gasteiger partial charge on any atom is 0.245 e. The molecule has 4 amide bonds. The highest BCUT2D eigenvalue weighted by Gasteiger charge is 2.34. The zero-order valence-electron chi connectivity index (χ0n) is 27.5. The lowest BCUT2D eigenvalue weighted by molar-refractivity contribution is -0.142. The van der Waals surface area contributed by atoms with E-state index in [9.17, 15) is 19.2 Å². The quantitative estimate of drug-likeness (QED) is 0.103. The van der Waals surface area contributed by atoms with Crippen LogP contribution in [0.25, 0.3) is 11.1 Å². The number of thiophene rings is 1. The fourth-order valence-corrected chi connectivity index (χ4v) is 5.80. The van der Waals surface area contributed by atoms with Gasteiger partial charge >= 0.3 is 0 Å². The molecule has 0 fully saturated rings. The van der Waals surface area contributed by atoms with Crippen LogP contribution in [0.4, 0.5) is 0 Å². The molecule has 1 aromatic heterocycles. The number of nitrogens with two attached hydrogens (primary N) is 3. The molecule has 0 aliphatic heterocycles. The second-order valence-electron chi connectivity index (χ2n) is 12.4. The number of likely N-dealkylation sites (N-methyl/N-ethyl adjacent to an activating group) is 1. The van der Waals surface area contributed by atoms with Gasteiger partial charge in [0.15, 0.2) is 0 Å². The average Bonchev–Trinajstić information content (AvgIpc) is 3.55. The van der Waals surface area contributed by atoms with Crippen molar-refractivity contribution in [1.82, 2.24) is 15.5 Å². The lowest BCUT2D eigenvalue weighted by Gasteiger charge is -2.31. The van der Waals surface area contributed by atoms with Gasteiger partial charge in [0.1, 0.15) is 18.1 Å². The van der Waals surface area contributed by atoms with Gasteiger partial charge in [-0.3, -0.25) is 19.2 Å². The Bertz CT molecular complexity index is 1470. The lowest BCUT2D eigenvalue weighted by Crippen LogP contribution is -2.57. The number of primary amides is 1. The van der Waals surface area contributed by atoms with E-state index < -0.39 is 47.3 Å². The minimum atomic E-state index is -0.985. The summed E-state index contributed by atoms with van der Waals surface area (Å²) >= 11 is 1.46. The average molecular weight is 661 g/mol. The van der Waals surface area contributed by atoms with E-state index in [0.29, 0.717) is 32.2 Å². The van der Waals surface area contributed by atoms with E-state index in [1.54, 1.807) is 13.1 Å². The number of carbonyl (C=O) groups excluding carboxylic acids is 4. The summed E-state index contributed by atoms with van der Waals surface area (Å²) in [6, 6.07) is 18.6. The topological polar surface area (TPSA) is 174 Å². The van der Waals surface area contributed by atoms with Crippen LogP contribution in [0.15, 0.2) is 84.3 Å². The van der Waals surface area contributed by atoms with Crippen LogP contribution < -0.4 is 27.8 Å². The maximum atomic E-state index is 14.2. The molecule has 252 valence electrons. The number of nitrogens with one attached hydrogen (secondary N) is 2. The van der Waals surface area contributed by atoms with Gasteiger partial charge in [0.25, 0.3) is 0 Å². The van der Waals surface area contributed by atoms with Crippen molar-refractivity contribution < 1.29 is 19.2 Å². The molecule has 47 heavy (non-hydrogen) atoms. The van der Waals surface area contributed by atoms with Gasteiger partial charge in [-0.15, -0.1) is 11.3 Å². The van der Waals surface area contributed by atoms with Crippen molar-refractivity contribution in [1.29, 1.82) is 0 Å². The molecule has 0 saturated heterocycles. The molecule has 0 spiro atoms. The summed E-state index contributed by atoms with van der Waals surface area (Å²) in [6.45, 7) is 4.17. The van der Waals surface area contributed by atoms with Gasteiger partial charge in [-0.2, -0.15) is 0 Å². The van der Waals surface area contributed by atoms with Crippen molar-refractivity contribution in [2.75, 3.05) is 13.6 Å². The van der Waals surface area contributed by atoms with Crippen LogP contribution >= 0.6 is 11.3 Å². The molecule has 0 radical (unpaired) electrons. The van der Waals surface area contributed by atoms with Crippen LogP contribution in [0.3, 0.4) is 0 Å². The normalized spacial score (nSPS) is 13.5. The number of nitrogens with zero attached hydrogens (tertiary/aromatic N) is 1. The zero-order chi connectivity index (χ0) is 34.4. The van der Waals surface area contributed by atoms with E-state index in [1.807, 2.05) is 86.0 Å². The molecule has 3 rings (SSSR count). The first-order valence-electron chi connectivity index (χ1n) is 15.9. The van der Waals surface area contributed by atoms with Gasteiger partial charge < -0.3 is 32.7 Å². The molecule has 0 aliphatic rings. The molecule has 10 nitrogen and oxygen atoms in total. The number of rotatable bonds is 18. The third kappa shape index (κ3) is 12.4. The van der Waals surface area contributed by atoms with Gasteiger partial charge in [-0.25, -0.2) is 0 Å². The number of carbonyl (C=O) groups is 4. The molecule has 11 heteroatoms. The third-order valence-corrected chi connectivity index (χ3v) is 8.63. The second-order valence-corrected chi connectivity index (χ2v) is 13.5. The van der Waals surface area contributed by atoms with Crippen LogP contribution in [0, 0.1) is 0 Å². The minimum absolute atomic E-state index is 0.191. The maximum absolute atomic E-state index is 14.2. The van der Waals surface area contributed by atoms with Crippen LogP contribution in [-0.4, -0.2) is 65.8 Å². The summed E-state index contributed by atoms with van der Waals surface area (Å²) in [6.07, 6.45) is 5.57. The summed E-state index contributed by atoms with van der Waals surface area (Å²) in [5.41, 5.74) is 19.7. The molecule has 3 atom stereocenters. The van der Waals surface area contributed by atoms with Crippen LogP contribution in [0.5, 0.6) is 0 Å². The van der Waals surface area contributed by atoms with Gasteiger partial charge in [-0.05, 0) is 80.3 Å². The smallest absolute Gasteiger partial charge is 0.245 e. The Kier molecular flexibility index (Phi) is 14.3. The molecular formula is C36H48N6O4S. The highest BCUT2D eigenvalue weighted by Crippen LogP contribution is 2.21. The standard InChI is InChI=1S/C36H48N6O4S/c1-36(2,39)20-9-15-32(43)40-30(23-25-16-18-27(19-17-25)26-11-5-4-6-12-26)35(46)42(3)31(24-28-13-10-22-47-28)34(45)41-29(33(38)44)14-7-8-21-37/h4-6,9-13,15-19,22,29-31H,7-8,14,20-21,23-24,37,39H2,1-3H3,(H2,38,44)(H,40,43)(H,41,45)/t29-,30+,31+/m0/s1. The molecule has 8 N–H and O–H groups in total. The number of benzene rings is 2. The third-order valence-electron chi connectivity index (χ3n) is 7.73. The lowest BCUT2D eigenvalue weighted by atomic mass is 9.99. The summed E-state index contributed by atoms with van der Waals surface area (Å²) in [5, 5.41) is 7.51. The minimum Gasteiger partial charge on any atom is -0.368 e. The number of hydrogen-bond donors (Lipinski definition) is 5. The Morgan fingerprint density at radius 3 is 2.17 bits per heavy atom. The van der Waals surface area contributed by atoms with Crippen LogP contribution in [0.1, 0.15) is 50.0 Å². The number of amides is 4. The van der Waals surface area contributed by atoms with Crippen molar-refractivity contribution in [2.45, 2.75) is 76.0 Å². The summed E-state index contributed by atoms with van der Waals surface area (Å²) in [4.78, 5) is 55.4. The van der Waals surface area contributed by atoms with E-state index in [1.165, 1.54) is 22.3 Å². The Morgan fingerprint density at radius 1 is 0.894 bits per heavy atom. The van der Waals surface area contributed by atoms with Crippen molar-refractivity contribution in [3.05, 3.63) is 94.7 Å². The SMILES string of the molecule is CN(C(=O)[C@@H](Cc1ccc(-c2ccccc2)cc1)NC(=O)C=CCC(C)(C)N)[C@H](Cc1cccs1)C(=O)N[C@@H](CCCCN)C(N)=O. The molecular weight excluding hydrogens is 613 g/mol.